The zero-order chi connectivity index (χ0) is 16.1. The van der Waals surface area contributed by atoms with Gasteiger partial charge in [-0.1, -0.05) is 24.3 Å². The van der Waals surface area contributed by atoms with Gasteiger partial charge in [0.2, 0.25) is 5.91 Å². The highest BCUT2D eigenvalue weighted by molar-refractivity contribution is 5.80. The second kappa shape index (κ2) is 6.96. The molecular weight excluding hydrogens is 290 g/mol. The maximum Gasteiger partial charge on any atom is 0.240 e. The molecule has 1 aromatic heterocycles. The Morgan fingerprint density at radius 2 is 1.96 bits per heavy atom. The van der Waals surface area contributed by atoms with Crippen molar-refractivity contribution in [3.05, 3.63) is 60.4 Å². The second-order valence-electron chi connectivity index (χ2n) is 5.31. The van der Waals surface area contributed by atoms with Crippen molar-refractivity contribution in [2.75, 3.05) is 13.7 Å². The van der Waals surface area contributed by atoms with E-state index >= 15 is 0 Å². The molecule has 23 heavy (non-hydrogen) atoms. The Morgan fingerprint density at radius 1 is 1.17 bits per heavy atom. The number of fused-ring (bicyclic) bond motifs is 1. The number of benzene rings is 2. The maximum atomic E-state index is 12.1. The van der Waals surface area contributed by atoms with Crippen molar-refractivity contribution in [1.82, 2.24) is 14.9 Å². The molecule has 0 unspecified atom stereocenters. The lowest BCUT2D eigenvalue weighted by Gasteiger charge is -2.07. The Hall–Kier alpha value is -2.82. The average Bonchev–Trinajstić information content (AvgIpc) is 2.99. The van der Waals surface area contributed by atoms with Gasteiger partial charge in [-0.25, -0.2) is 4.98 Å². The van der Waals surface area contributed by atoms with Crippen molar-refractivity contribution in [3.8, 4) is 5.75 Å². The van der Waals surface area contributed by atoms with Gasteiger partial charge in [0.1, 0.15) is 12.3 Å². The van der Waals surface area contributed by atoms with E-state index in [1.165, 1.54) is 5.56 Å². The number of nitrogens with one attached hydrogen (secondary N) is 1. The third-order valence-corrected chi connectivity index (χ3v) is 3.74. The van der Waals surface area contributed by atoms with Crippen LogP contribution in [0.2, 0.25) is 0 Å². The smallest absolute Gasteiger partial charge is 0.240 e. The van der Waals surface area contributed by atoms with Gasteiger partial charge in [0.15, 0.2) is 0 Å². The van der Waals surface area contributed by atoms with E-state index in [0.717, 1.165) is 23.2 Å². The molecule has 1 N–H and O–H groups in total. The fourth-order valence-corrected chi connectivity index (χ4v) is 2.49. The average molecular weight is 309 g/mol. The number of amides is 1. The minimum Gasteiger partial charge on any atom is -0.497 e. The number of rotatable bonds is 6. The summed E-state index contributed by atoms with van der Waals surface area (Å²) in [6.45, 7) is 0.890. The fourth-order valence-electron chi connectivity index (χ4n) is 2.49. The number of ether oxygens (including phenoxy) is 1. The molecule has 5 nitrogen and oxygen atoms in total. The standard InChI is InChI=1S/C18H19N3O2/c1-23-15-8-6-14(7-9-15)10-11-19-18(22)12-21-13-20-16-4-2-3-5-17(16)21/h2-9,13H,10-12H2,1H3,(H,19,22). The fraction of sp³-hybridized carbons (Fsp3) is 0.222. The summed E-state index contributed by atoms with van der Waals surface area (Å²) in [6, 6.07) is 15.7. The normalized spacial score (nSPS) is 10.7. The van der Waals surface area contributed by atoms with Crippen LogP contribution >= 0.6 is 0 Å². The molecule has 0 spiro atoms. The van der Waals surface area contributed by atoms with Crippen molar-refractivity contribution in [2.45, 2.75) is 13.0 Å². The molecule has 3 aromatic rings. The van der Waals surface area contributed by atoms with E-state index in [0.29, 0.717) is 6.54 Å². The van der Waals surface area contributed by atoms with E-state index < -0.39 is 0 Å². The largest absolute Gasteiger partial charge is 0.497 e. The van der Waals surface area contributed by atoms with Gasteiger partial charge in [-0.05, 0) is 36.2 Å². The van der Waals surface area contributed by atoms with Crippen LogP contribution in [0.5, 0.6) is 5.75 Å². The van der Waals surface area contributed by atoms with Crippen LogP contribution in [0.25, 0.3) is 11.0 Å². The predicted octanol–water partition coefficient (Wildman–Crippen LogP) is 2.40. The van der Waals surface area contributed by atoms with E-state index in [1.54, 1.807) is 13.4 Å². The Labute approximate surface area is 134 Å². The molecule has 1 amide bonds. The topological polar surface area (TPSA) is 56.1 Å². The molecule has 0 radical (unpaired) electrons. The Kier molecular flexibility index (Phi) is 4.57. The molecule has 0 saturated heterocycles. The van der Waals surface area contributed by atoms with Gasteiger partial charge in [-0.2, -0.15) is 0 Å². The maximum absolute atomic E-state index is 12.1. The number of carbonyl (C=O) groups excluding carboxylic acids is 1. The van der Waals surface area contributed by atoms with E-state index in [-0.39, 0.29) is 12.5 Å². The van der Waals surface area contributed by atoms with Gasteiger partial charge in [-0.15, -0.1) is 0 Å². The van der Waals surface area contributed by atoms with Crippen LogP contribution in [-0.2, 0) is 17.8 Å². The number of methoxy groups -OCH3 is 1. The summed E-state index contributed by atoms with van der Waals surface area (Å²) in [5, 5.41) is 2.94. The van der Waals surface area contributed by atoms with Gasteiger partial charge in [0.05, 0.1) is 24.5 Å². The van der Waals surface area contributed by atoms with Crippen LogP contribution in [-0.4, -0.2) is 29.1 Å². The van der Waals surface area contributed by atoms with Crippen molar-refractivity contribution < 1.29 is 9.53 Å². The third kappa shape index (κ3) is 3.69. The first-order chi connectivity index (χ1) is 11.3. The molecule has 0 aliphatic rings. The van der Waals surface area contributed by atoms with Crippen molar-refractivity contribution in [2.24, 2.45) is 0 Å². The molecule has 1 heterocycles. The number of hydrogen-bond donors (Lipinski definition) is 1. The summed E-state index contributed by atoms with van der Waals surface area (Å²) in [5.41, 5.74) is 3.04. The second-order valence-corrected chi connectivity index (χ2v) is 5.31. The number of para-hydroxylation sites is 2. The van der Waals surface area contributed by atoms with E-state index in [1.807, 2.05) is 53.1 Å². The van der Waals surface area contributed by atoms with Gasteiger partial charge in [0, 0.05) is 6.54 Å². The highest BCUT2D eigenvalue weighted by Gasteiger charge is 2.06. The first kappa shape index (κ1) is 15.1. The summed E-state index contributed by atoms with van der Waals surface area (Å²) in [7, 11) is 1.65. The SMILES string of the molecule is COc1ccc(CCNC(=O)Cn2cnc3ccccc32)cc1. The summed E-state index contributed by atoms with van der Waals surface area (Å²) >= 11 is 0. The lowest BCUT2D eigenvalue weighted by Crippen LogP contribution is -2.29. The van der Waals surface area contributed by atoms with Gasteiger partial charge < -0.3 is 14.6 Å². The monoisotopic (exact) mass is 309 g/mol. The zero-order valence-corrected chi connectivity index (χ0v) is 13.0. The number of nitrogens with zero attached hydrogens (tertiary/aromatic N) is 2. The molecule has 2 aromatic carbocycles. The van der Waals surface area contributed by atoms with E-state index in [4.69, 9.17) is 4.74 Å². The third-order valence-electron chi connectivity index (χ3n) is 3.74. The Morgan fingerprint density at radius 3 is 2.74 bits per heavy atom. The minimum absolute atomic E-state index is 0.0123. The molecule has 0 atom stereocenters. The minimum atomic E-state index is -0.0123. The molecule has 0 bridgehead atoms. The molecule has 0 fully saturated rings. The number of imidazole rings is 1. The first-order valence-electron chi connectivity index (χ1n) is 7.56. The van der Waals surface area contributed by atoms with Crippen LogP contribution < -0.4 is 10.1 Å². The highest BCUT2D eigenvalue weighted by Crippen LogP contribution is 2.12. The Bertz CT molecular complexity index is 793. The summed E-state index contributed by atoms with van der Waals surface area (Å²) in [4.78, 5) is 16.4. The van der Waals surface area contributed by atoms with E-state index in [9.17, 15) is 4.79 Å². The lowest BCUT2D eigenvalue weighted by atomic mass is 10.1. The van der Waals surface area contributed by atoms with Crippen molar-refractivity contribution in [3.63, 3.8) is 0 Å². The van der Waals surface area contributed by atoms with Crippen molar-refractivity contribution in [1.29, 1.82) is 0 Å². The van der Waals surface area contributed by atoms with Crippen molar-refractivity contribution >= 4 is 16.9 Å². The Balaban J connectivity index is 1.51. The molecule has 0 aliphatic carbocycles. The quantitative estimate of drug-likeness (QED) is 0.761. The predicted molar refractivity (Wildman–Crippen MR) is 89.4 cm³/mol. The highest BCUT2D eigenvalue weighted by atomic mass is 16.5. The lowest BCUT2D eigenvalue weighted by molar-refractivity contribution is -0.121. The molecule has 5 heteroatoms. The van der Waals surface area contributed by atoms with Crippen LogP contribution in [0.1, 0.15) is 5.56 Å². The van der Waals surface area contributed by atoms with Gasteiger partial charge in [-0.3, -0.25) is 4.79 Å². The molecule has 118 valence electrons. The van der Waals surface area contributed by atoms with Crippen LogP contribution in [0.4, 0.5) is 0 Å². The summed E-state index contributed by atoms with van der Waals surface area (Å²) < 4.78 is 6.99. The summed E-state index contributed by atoms with van der Waals surface area (Å²) in [5.74, 6) is 0.825. The van der Waals surface area contributed by atoms with Gasteiger partial charge >= 0.3 is 0 Å². The number of aromatic nitrogens is 2. The van der Waals surface area contributed by atoms with Crippen LogP contribution in [0, 0.1) is 0 Å². The summed E-state index contributed by atoms with van der Waals surface area (Å²) in [6.07, 6.45) is 2.49. The number of carbonyl (C=O) groups is 1. The molecular formula is C18H19N3O2. The van der Waals surface area contributed by atoms with Crippen LogP contribution in [0.15, 0.2) is 54.9 Å². The molecule has 3 rings (SSSR count). The molecule has 0 saturated carbocycles. The van der Waals surface area contributed by atoms with Crippen LogP contribution in [0.3, 0.4) is 0 Å². The number of hydrogen-bond acceptors (Lipinski definition) is 3. The first-order valence-corrected chi connectivity index (χ1v) is 7.56. The van der Waals surface area contributed by atoms with Gasteiger partial charge in [0.25, 0.3) is 0 Å². The zero-order valence-electron chi connectivity index (χ0n) is 13.0. The molecule has 0 aliphatic heterocycles. The van der Waals surface area contributed by atoms with E-state index in [2.05, 4.69) is 10.3 Å².